The molecule has 0 aliphatic carbocycles. The molecule has 2 saturated heterocycles. The molecule has 10 nitrogen and oxygen atoms in total. The number of terminal acetylenes is 1. The van der Waals surface area contributed by atoms with Gasteiger partial charge in [0.25, 0.3) is 0 Å². The van der Waals surface area contributed by atoms with E-state index in [-0.39, 0.29) is 59.9 Å². The van der Waals surface area contributed by atoms with Crippen molar-refractivity contribution in [2.75, 3.05) is 27.4 Å². The lowest BCUT2D eigenvalue weighted by Crippen LogP contribution is -2.39. The van der Waals surface area contributed by atoms with E-state index >= 15 is 0 Å². The highest BCUT2D eigenvalue weighted by Gasteiger charge is 2.50. The molecule has 0 saturated carbocycles. The zero-order chi connectivity index (χ0) is 33.1. The summed E-state index contributed by atoms with van der Waals surface area (Å²) < 4.78 is 56.0. The minimum absolute atomic E-state index is 0.0376. The van der Waals surface area contributed by atoms with Gasteiger partial charge < -0.3 is 24.3 Å². The summed E-state index contributed by atoms with van der Waals surface area (Å²) in [6.45, 7) is 12.3. The fraction of sp³-hybridized carbons (Fsp3) is 0.828. The summed E-state index contributed by atoms with van der Waals surface area (Å²) in [4.78, 5) is 11.9. The van der Waals surface area contributed by atoms with Gasteiger partial charge in [0.2, 0.25) is 5.91 Å². The number of amides is 1. The summed E-state index contributed by atoms with van der Waals surface area (Å²) >= 11 is 0. The Bertz CT molecular complexity index is 1020. The van der Waals surface area contributed by atoms with E-state index in [9.17, 15) is 9.36 Å². The van der Waals surface area contributed by atoms with E-state index in [1.54, 1.807) is 35.8 Å². The van der Waals surface area contributed by atoms with E-state index in [1.807, 2.05) is 47.9 Å². The molecule has 2 heterocycles. The Balaban J connectivity index is 2.03. The topological polar surface area (TPSA) is 111 Å². The number of methoxy groups -OCH3 is 2. The van der Waals surface area contributed by atoms with Gasteiger partial charge in [0.05, 0.1) is 31.5 Å². The summed E-state index contributed by atoms with van der Waals surface area (Å²) in [7, 11) is 6.38. The molecule has 2 aliphatic rings. The van der Waals surface area contributed by atoms with Crippen LogP contribution in [-0.2, 0) is 41.9 Å². The number of carbonyl (C=O) groups excluding carboxylic acids is 1. The molecule has 2 fully saturated rings. The Morgan fingerprint density at radius 1 is 1.11 bits per heavy atom. The van der Waals surface area contributed by atoms with Crippen LogP contribution in [0.15, 0.2) is 11.5 Å². The Labute approximate surface area is 274 Å². The fourth-order valence-electron chi connectivity index (χ4n) is 5.12. The van der Waals surface area contributed by atoms with Gasteiger partial charge in [-0.3, -0.25) is 18.4 Å². The van der Waals surface area contributed by atoms with Crippen molar-refractivity contribution in [3.05, 3.63) is 11.5 Å². The molecule has 0 aromatic heterocycles. The van der Waals surface area contributed by atoms with Crippen molar-refractivity contribution in [3.63, 3.8) is 0 Å². The van der Waals surface area contributed by atoms with Crippen molar-refractivity contribution >= 4 is 51.0 Å². The van der Waals surface area contributed by atoms with Crippen molar-refractivity contribution in [2.45, 2.75) is 114 Å². The molecular weight excluding hydrogens is 623 g/mol. The molecule has 5 unspecified atom stereocenters. The molecule has 0 radical (unpaired) electrons. The average molecular weight is 675 g/mol. The van der Waals surface area contributed by atoms with Gasteiger partial charge in [0, 0.05) is 49.2 Å². The second-order valence-electron chi connectivity index (χ2n) is 12.2. The number of hydrogen-bond acceptors (Lipinski definition) is 11. The van der Waals surface area contributed by atoms with Crippen molar-refractivity contribution in [1.29, 1.82) is 0 Å². The largest absolute Gasteiger partial charge is 0.475 e. The maximum Gasteiger partial charge on any atom is 0.475 e. The molecule has 44 heavy (non-hydrogen) atoms. The summed E-state index contributed by atoms with van der Waals surface area (Å²) in [5.41, 5.74) is 0. The average Bonchev–Trinajstić information content (AvgIpc) is 3.43. The third kappa shape index (κ3) is 12.0. The first kappa shape index (κ1) is 39.7. The Morgan fingerprint density at radius 2 is 1.73 bits per heavy atom. The lowest BCUT2D eigenvalue weighted by atomic mass is 9.85. The predicted octanol–water partition coefficient (Wildman–Crippen LogP) is 3.53. The predicted molar refractivity (Wildman–Crippen MR) is 183 cm³/mol. The number of phosphoric ester groups is 1. The van der Waals surface area contributed by atoms with Gasteiger partial charge >= 0.3 is 7.82 Å². The Kier molecular flexibility index (Phi) is 17.0. The summed E-state index contributed by atoms with van der Waals surface area (Å²) in [6, 6.07) is -0.158. The monoisotopic (exact) mass is 675 g/mol. The first-order chi connectivity index (χ1) is 20.7. The van der Waals surface area contributed by atoms with E-state index in [1.165, 1.54) is 0 Å². The SMILES string of the molecule is B[C@@H]1O[C@H](C(C)OP(=O)(OCC/C=C/SSC(C)(C)CCC(=O)NCC#C)OC2[C@@H](C(C)OC)O[C@@H](B)[C@H]2C)C(OC)[C@@H]1C. The first-order valence-electron chi connectivity index (χ1n) is 15.4. The van der Waals surface area contributed by atoms with Crippen LogP contribution in [0.4, 0.5) is 0 Å². The number of hydrogen-bond donors (Lipinski definition) is 1. The number of rotatable bonds is 19. The molecule has 0 bridgehead atoms. The number of nitrogens with one attached hydrogen (secondary N) is 1. The molecule has 0 aromatic rings. The van der Waals surface area contributed by atoms with Gasteiger partial charge in [0.15, 0.2) is 0 Å². The minimum Gasteiger partial charge on any atom is -0.379 e. The van der Waals surface area contributed by atoms with Gasteiger partial charge in [-0.05, 0) is 45.9 Å². The third-order valence-corrected chi connectivity index (χ3v) is 12.9. The highest BCUT2D eigenvalue weighted by Crippen LogP contribution is 2.55. The van der Waals surface area contributed by atoms with E-state index in [0.717, 1.165) is 0 Å². The van der Waals surface area contributed by atoms with E-state index in [0.29, 0.717) is 19.3 Å². The second-order valence-corrected chi connectivity index (χ2v) is 16.6. The van der Waals surface area contributed by atoms with Crippen molar-refractivity contribution < 1.29 is 41.9 Å². The fourth-order valence-corrected chi connectivity index (χ4v) is 8.90. The Morgan fingerprint density at radius 3 is 2.32 bits per heavy atom. The van der Waals surface area contributed by atoms with Gasteiger partial charge in [0.1, 0.15) is 34.0 Å². The highest BCUT2D eigenvalue weighted by molar-refractivity contribution is 8.78. The van der Waals surface area contributed by atoms with Gasteiger partial charge in [-0.1, -0.05) is 47.4 Å². The van der Waals surface area contributed by atoms with Crippen molar-refractivity contribution in [1.82, 2.24) is 5.32 Å². The van der Waals surface area contributed by atoms with Crippen LogP contribution in [0.3, 0.4) is 0 Å². The maximum atomic E-state index is 14.3. The molecule has 0 aromatic carbocycles. The quantitative estimate of drug-likeness (QED) is 0.0714. The van der Waals surface area contributed by atoms with Crippen LogP contribution in [0, 0.1) is 24.2 Å². The van der Waals surface area contributed by atoms with Crippen molar-refractivity contribution in [2.24, 2.45) is 11.8 Å². The van der Waals surface area contributed by atoms with E-state index < -0.39 is 32.2 Å². The second kappa shape index (κ2) is 18.8. The molecule has 1 N–H and O–H groups in total. The van der Waals surface area contributed by atoms with Crippen LogP contribution in [0.1, 0.15) is 60.8 Å². The lowest BCUT2D eigenvalue weighted by molar-refractivity contribution is -0.121. The van der Waals surface area contributed by atoms with Crippen molar-refractivity contribution in [3.8, 4) is 12.3 Å². The van der Waals surface area contributed by atoms with Crippen LogP contribution in [0.5, 0.6) is 0 Å². The van der Waals surface area contributed by atoms with Crippen LogP contribution in [0.2, 0.25) is 0 Å². The van der Waals surface area contributed by atoms with Gasteiger partial charge in [-0.25, -0.2) is 4.57 Å². The summed E-state index contributed by atoms with van der Waals surface area (Å²) in [5, 5.41) is 4.66. The Hall–Kier alpha value is -0.450. The molecule has 2 aliphatic heterocycles. The standard InChI is InChI=1S/C29H52B2NO9PS2/c1-10-15-32-22(33)13-14-29(6,7)44-43-17-12-11-16-37-42(34,40-21(5)26-23(36-9)18(2)27(30)39-26)41-24-19(3)28(31)38-25(24)20(4)35-8/h1,12,17-21,23-28H,11,13-16,30-31H2,2-9H3,(H,32,33)/b17-12+/t18-,19-,20?,21?,23?,24?,25+,26+,27+,28+,42?/m0/s1. The summed E-state index contributed by atoms with van der Waals surface area (Å²) in [6.07, 6.45) is 6.21. The molecule has 1 amide bonds. The third-order valence-electron chi connectivity index (χ3n) is 8.33. The number of phosphoric acid groups is 1. The van der Waals surface area contributed by atoms with Crippen LogP contribution < -0.4 is 5.32 Å². The van der Waals surface area contributed by atoms with Gasteiger partial charge in [-0.2, -0.15) is 0 Å². The highest BCUT2D eigenvalue weighted by atomic mass is 33.1. The maximum absolute atomic E-state index is 14.3. The molecular formula is C29H52B2NO9PS2. The van der Waals surface area contributed by atoms with Gasteiger partial charge in [-0.15, -0.1) is 6.42 Å². The molecule has 250 valence electrons. The smallest absolute Gasteiger partial charge is 0.379 e. The van der Waals surface area contributed by atoms with Crippen LogP contribution in [-0.4, -0.2) is 102 Å². The van der Waals surface area contributed by atoms with Crippen LogP contribution in [0.25, 0.3) is 0 Å². The molecule has 11 atom stereocenters. The zero-order valence-electron chi connectivity index (χ0n) is 28.0. The lowest BCUT2D eigenvalue weighted by Gasteiger charge is -2.32. The number of carbonyl (C=O) groups is 1. The van der Waals surface area contributed by atoms with Crippen LogP contribution >= 0.6 is 29.4 Å². The normalized spacial score (nSPS) is 31.9. The molecule has 0 spiro atoms. The zero-order valence-corrected chi connectivity index (χ0v) is 30.5. The molecule has 15 heteroatoms. The first-order valence-corrected chi connectivity index (χ1v) is 19.0. The number of ether oxygens (including phenoxy) is 4. The minimum atomic E-state index is -4.08. The van der Waals surface area contributed by atoms with E-state index in [4.69, 9.17) is 38.9 Å². The summed E-state index contributed by atoms with van der Waals surface area (Å²) in [5.74, 6) is 2.44. The van der Waals surface area contributed by atoms with E-state index in [2.05, 4.69) is 32.0 Å². The molecule has 2 rings (SSSR count).